The zero-order valence-electron chi connectivity index (χ0n) is 16.8. The van der Waals surface area contributed by atoms with E-state index in [2.05, 4.69) is 3.63 Å². The van der Waals surface area contributed by atoms with Crippen LogP contribution in [0.4, 0.5) is 39.5 Å². The van der Waals surface area contributed by atoms with Crippen molar-refractivity contribution in [3.05, 3.63) is 0 Å². The molecule has 0 fully saturated rings. The van der Waals surface area contributed by atoms with Crippen LogP contribution in [0.5, 0.6) is 0 Å². The summed E-state index contributed by atoms with van der Waals surface area (Å²) in [6.45, 7) is 2.04. The summed E-state index contributed by atoms with van der Waals surface area (Å²) in [5.41, 5.74) is 0. The number of halogens is 9. The summed E-state index contributed by atoms with van der Waals surface area (Å²) in [5, 5.41) is -6.80. The van der Waals surface area contributed by atoms with E-state index in [0.717, 1.165) is 51.0 Å². The number of hydrogen-bond acceptors (Lipinski definition) is 3. The lowest BCUT2D eigenvalue weighted by Gasteiger charge is -2.36. The minimum atomic E-state index is -7.29. The van der Waals surface area contributed by atoms with Gasteiger partial charge in [0.1, 0.15) is 0 Å². The molecule has 30 heavy (non-hydrogen) atoms. The monoisotopic (exact) mass is 502 g/mol. The average Bonchev–Trinajstić information content (AvgIpc) is 2.54. The van der Waals surface area contributed by atoms with Gasteiger partial charge in [-0.25, -0.2) is 3.63 Å². The van der Waals surface area contributed by atoms with Gasteiger partial charge in [0.15, 0.2) is 0 Å². The van der Waals surface area contributed by atoms with Gasteiger partial charge in [0.25, 0.3) is 0 Å². The van der Waals surface area contributed by atoms with Gasteiger partial charge < -0.3 is 0 Å². The van der Waals surface area contributed by atoms with Crippen molar-refractivity contribution in [2.45, 2.75) is 81.6 Å². The molecule has 0 aromatic carbocycles. The average molecular weight is 503 g/mol. The van der Waals surface area contributed by atoms with Crippen molar-refractivity contribution in [3.8, 4) is 0 Å². The van der Waals surface area contributed by atoms with Crippen molar-refractivity contribution in [3.63, 3.8) is 0 Å². The Morgan fingerprint density at radius 2 is 1.07 bits per heavy atom. The van der Waals surface area contributed by atoms with Gasteiger partial charge in [-0.1, -0.05) is 51.9 Å². The van der Waals surface area contributed by atoms with E-state index in [1.807, 2.05) is 6.92 Å². The Morgan fingerprint density at radius 3 is 1.47 bits per heavy atom. The van der Waals surface area contributed by atoms with Gasteiger partial charge in [0.05, 0.1) is 0 Å². The van der Waals surface area contributed by atoms with Gasteiger partial charge in [-0.15, -0.1) is 10.3 Å². The number of hydrogen-bond donors (Lipinski definition) is 0. The molecule has 0 aromatic rings. The van der Waals surface area contributed by atoms with Crippen LogP contribution in [0.25, 0.3) is 0 Å². The summed E-state index contributed by atoms with van der Waals surface area (Å²) in [7, 11) is -9.80. The van der Waals surface area contributed by atoms with Crippen LogP contribution >= 0.6 is 10.3 Å². The van der Waals surface area contributed by atoms with Crippen molar-refractivity contribution in [1.29, 1.82) is 0 Å². The van der Waals surface area contributed by atoms with Crippen LogP contribution in [0.1, 0.15) is 58.3 Å². The van der Waals surface area contributed by atoms with Crippen molar-refractivity contribution >= 4 is 20.4 Å². The summed E-state index contributed by atoms with van der Waals surface area (Å²) < 4.78 is 144. The molecule has 14 heteroatoms. The molecule has 0 saturated heterocycles. The molecule has 0 N–H and O–H groups in total. The van der Waals surface area contributed by atoms with Crippen molar-refractivity contribution in [2.75, 3.05) is 18.3 Å². The van der Waals surface area contributed by atoms with Gasteiger partial charge in [0.2, 0.25) is 0 Å². The van der Waals surface area contributed by atoms with Crippen molar-refractivity contribution in [1.82, 2.24) is 0 Å². The zero-order chi connectivity index (χ0) is 24.1. The van der Waals surface area contributed by atoms with Gasteiger partial charge >= 0.3 is 33.4 Å². The molecular weight excluding hydrogens is 475 g/mol. The van der Waals surface area contributed by atoms with Gasteiger partial charge in [-0.3, -0.25) is 0 Å². The normalized spacial score (nSPS) is 15.5. The molecule has 0 aliphatic heterocycles. The van der Waals surface area contributed by atoms with Crippen LogP contribution in [-0.2, 0) is 13.7 Å². The highest BCUT2D eigenvalue weighted by Gasteiger charge is 2.86. The highest BCUT2D eigenvalue weighted by molar-refractivity contribution is 8.32. The van der Waals surface area contributed by atoms with E-state index in [-0.39, 0.29) is 12.2 Å². The number of unbranched alkanes of at least 4 members (excludes halogenated alkanes) is 7. The molecule has 0 radical (unpaired) electrons. The Balaban J connectivity index is 5.09. The molecule has 0 aliphatic rings. The molecule has 0 aliphatic carbocycles. The number of alkyl halides is 9. The van der Waals surface area contributed by atoms with E-state index >= 15 is 0 Å². The highest BCUT2D eigenvalue weighted by Crippen LogP contribution is 2.57. The Morgan fingerprint density at radius 1 is 0.667 bits per heavy atom. The van der Waals surface area contributed by atoms with Crippen LogP contribution in [0.3, 0.4) is 0 Å². The molecule has 184 valence electrons. The smallest absolute Gasteiger partial charge is 0.216 e. The second kappa shape index (κ2) is 10.5. The van der Waals surface area contributed by atoms with E-state index < -0.39 is 43.7 Å². The van der Waals surface area contributed by atoms with Crippen LogP contribution in [0.15, 0.2) is 0 Å². The third-order valence-electron chi connectivity index (χ3n) is 4.19. The molecule has 0 rings (SSSR count). The van der Waals surface area contributed by atoms with E-state index in [9.17, 15) is 47.9 Å². The maximum atomic E-state index is 13.7. The third kappa shape index (κ3) is 7.07. The van der Waals surface area contributed by atoms with E-state index in [4.69, 9.17) is 0 Å². The second-order valence-electron chi connectivity index (χ2n) is 7.30. The molecule has 0 bridgehead atoms. The molecule has 0 amide bonds. The topological polar surface area (TPSA) is 43.4 Å². The molecular formula is C16H27F9O3S2. The minimum Gasteiger partial charge on any atom is -0.216 e. The molecule has 0 heterocycles. The lowest BCUT2D eigenvalue weighted by atomic mass is 10.1. The van der Waals surface area contributed by atoms with Gasteiger partial charge in [0, 0.05) is 0 Å². The summed E-state index contributed by atoms with van der Waals surface area (Å²) in [6.07, 6.45) is 1.56. The largest absolute Gasteiger partial charge is 0.460 e. The van der Waals surface area contributed by atoms with Crippen LogP contribution in [0, 0.1) is 0 Å². The van der Waals surface area contributed by atoms with E-state index in [1.54, 1.807) is 0 Å². The fourth-order valence-corrected chi connectivity index (χ4v) is 6.32. The van der Waals surface area contributed by atoms with Crippen molar-refractivity contribution < 1.29 is 51.6 Å². The lowest BCUT2D eigenvalue weighted by molar-refractivity contribution is -0.382. The maximum absolute atomic E-state index is 13.7. The quantitative estimate of drug-likeness (QED) is 0.192. The zero-order valence-corrected chi connectivity index (χ0v) is 18.4. The third-order valence-corrected chi connectivity index (χ3v) is 8.54. The van der Waals surface area contributed by atoms with Crippen LogP contribution < -0.4 is 0 Å². The fraction of sp³-hybridized carbons (Fsp3) is 1.00. The van der Waals surface area contributed by atoms with Crippen LogP contribution in [-0.4, -0.2) is 50.0 Å². The van der Waals surface area contributed by atoms with Gasteiger partial charge in [-0.05, 0) is 24.7 Å². The predicted octanol–water partition coefficient (Wildman–Crippen LogP) is 6.88. The summed E-state index contributed by atoms with van der Waals surface area (Å²) in [6, 6.07) is 0. The Hall–Kier alpha value is -0.370. The first-order chi connectivity index (χ1) is 13.3. The Labute approximate surface area is 172 Å². The minimum absolute atomic E-state index is 0.140. The molecule has 0 saturated carbocycles. The first-order valence-electron chi connectivity index (χ1n) is 9.13. The molecule has 0 spiro atoms. The summed E-state index contributed by atoms with van der Waals surface area (Å²) >= 11 is 0. The fourth-order valence-electron chi connectivity index (χ4n) is 2.42. The van der Waals surface area contributed by atoms with E-state index in [0.29, 0.717) is 6.42 Å². The lowest BCUT2D eigenvalue weighted by Crippen LogP contribution is -2.63. The predicted molar refractivity (Wildman–Crippen MR) is 97.8 cm³/mol. The maximum Gasteiger partial charge on any atom is 0.460 e. The van der Waals surface area contributed by atoms with Gasteiger partial charge in [-0.2, -0.15) is 47.9 Å². The second-order valence-corrected chi connectivity index (χ2v) is 12.5. The molecule has 0 aromatic heterocycles. The Bertz CT molecular complexity index is 632. The first kappa shape index (κ1) is 29.6. The SMILES string of the molecule is CCCCCCCCCCS(C)(C)OS(=O)(=O)C(F)(F)C(F)(F)C(F)(F)C(F)(F)F. The molecule has 0 unspecified atom stereocenters. The Kier molecular flexibility index (Phi) is 10.4. The summed E-state index contributed by atoms with van der Waals surface area (Å²) in [4.78, 5) is 0. The molecule has 0 atom stereocenters. The highest BCUT2D eigenvalue weighted by atomic mass is 32.3. The number of rotatable bonds is 14. The van der Waals surface area contributed by atoms with E-state index in [1.165, 1.54) is 0 Å². The van der Waals surface area contributed by atoms with Crippen molar-refractivity contribution in [2.24, 2.45) is 0 Å². The standard InChI is InChI=1S/C16H27F9O3S2/c1-4-5-6-7-8-9-10-11-12-29(2,3)28-30(26,27)16(24,25)14(19,20)13(17,18)15(21,22)23/h4-12H2,1-3H3. The first-order valence-corrected chi connectivity index (χ1v) is 13.1. The summed E-state index contributed by atoms with van der Waals surface area (Å²) in [5.74, 6) is -14.7. The van der Waals surface area contributed by atoms with Crippen LogP contribution in [0.2, 0.25) is 0 Å². The molecule has 3 nitrogen and oxygen atoms in total.